The summed E-state index contributed by atoms with van der Waals surface area (Å²) >= 11 is 1.35. The van der Waals surface area contributed by atoms with Crippen molar-refractivity contribution in [2.45, 2.75) is 53.1 Å². The van der Waals surface area contributed by atoms with Gasteiger partial charge in [0.15, 0.2) is 6.61 Å². The first-order chi connectivity index (χ1) is 12.8. The van der Waals surface area contributed by atoms with E-state index in [4.69, 9.17) is 9.47 Å². The van der Waals surface area contributed by atoms with Crippen LogP contribution >= 0.6 is 11.3 Å². The second kappa shape index (κ2) is 9.88. The summed E-state index contributed by atoms with van der Waals surface area (Å²) in [5.74, 6) is -0.220. The Labute approximate surface area is 164 Å². The van der Waals surface area contributed by atoms with Crippen LogP contribution in [0.3, 0.4) is 0 Å². The van der Waals surface area contributed by atoms with E-state index in [0.717, 1.165) is 24.1 Å². The molecule has 7 heteroatoms. The van der Waals surface area contributed by atoms with Crippen LogP contribution in [0.5, 0.6) is 0 Å². The summed E-state index contributed by atoms with van der Waals surface area (Å²) in [6, 6.07) is 3.54. The van der Waals surface area contributed by atoms with Gasteiger partial charge in [-0.3, -0.25) is 9.59 Å². The van der Waals surface area contributed by atoms with Crippen molar-refractivity contribution in [3.05, 3.63) is 21.9 Å². The Hall–Kier alpha value is -1.89. The second-order valence-electron chi connectivity index (χ2n) is 7.61. The van der Waals surface area contributed by atoms with Gasteiger partial charge >= 0.3 is 11.9 Å². The number of rotatable bonds is 7. The maximum absolute atomic E-state index is 12.1. The summed E-state index contributed by atoms with van der Waals surface area (Å²) in [7, 11) is 0. The third-order valence-electron chi connectivity index (χ3n) is 4.95. The number of carbonyl (C=O) groups is 3. The molecule has 0 radical (unpaired) electrons. The third-order valence-corrected chi connectivity index (χ3v) is 5.95. The van der Waals surface area contributed by atoms with E-state index in [1.807, 2.05) is 13.0 Å². The lowest BCUT2D eigenvalue weighted by molar-refractivity contribution is -0.166. The highest BCUT2D eigenvalue weighted by Crippen LogP contribution is 2.35. The number of esters is 2. The Morgan fingerprint density at radius 2 is 1.96 bits per heavy atom. The third kappa shape index (κ3) is 6.65. The molecule has 1 aromatic rings. The van der Waals surface area contributed by atoms with Gasteiger partial charge in [0.05, 0.1) is 4.88 Å². The molecule has 0 bridgehead atoms. The molecule has 1 amide bonds. The summed E-state index contributed by atoms with van der Waals surface area (Å²) in [4.78, 5) is 37.3. The molecular weight excluding hydrogens is 366 g/mol. The largest absolute Gasteiger partial charge is 0.460 e. The lowest BCUT2D eigenvalue weighted by Crippen LogP contribution is -2.37. The van der Waals surface area contributed by atoms with Crippen molar-refractivity contribution < 1.29 is 23.9 Å². The number of amides is 1. The maximum Gasteiger partial charge on any atom is 0.344 e. The van der Waals surface area contributed by atoms with Gasteiger partial charge in [0.25, 0.3) is 5.91 Å². The monoisotopic (exact) mass is 395 g/mol. The molecule has 1 saturated carbocycles. The van der Waals surface area contributed by atoms with Crippen LogP contribution in [-0.2, 0) is 19.1 Å². The fraction of sp³-hybridized carbons (Fsp3) is 0.650. The zero-order valence-electron chi connectivity index (χ0n) is 16.4. The molecule has 1 aliphatic carbocycles. The van der Waals surface area contributed by atoms with Gasteiger partial charge in [-0.1, -0.05) is 27.2 Å². The molecule has 0 saturated heterocycles. The fourth-order valence-electron chi connectivity index (χ4n) is 3.44. The number of aryl methyl sites for hydroxylation is 1. The number of nitrogens with one attached hydrogen (secondary N) is 1. The van der Waals surface area contributed by atoms with Crippen LogP contribution in [0.25, 0.3) is 0 Å². The highest BCUT2D eigenvalue weighted by Gasteiger charge is 2.33. The first-order valence-electron chi connectivity index (χ1n) is 9.46. The highest BCUT2D eigenvalue weighted by atomic mass is 32.1. The van der Waals surface area contributed by atoms with Gasteiger partial charge in [-0.2, -0.15) is 0 Å². The quantitative estimate of drug-likeness (QED) is 0.716. The van der Waals surface area contributed by atoms with E-state index in [0.29, 0.717) is 22.6 Å². The molecule has 3 atom stereocenters. The van der Waals surface area contributed by atoms with Gasteiger partial charge in [-0.15, -0.1) is 11.3 Å². The maximum atomic E-state index is 12.1. The van der Waals surface area contributed by atoms with E-state index in [1.54, 1.807) is 6.07 Å². The SMILES string of the molecule is Cc1ccc(C(=O)NCC(=O)OCC(=O)OC2CC(C)CCC2C(C)C)s1. The summed E-state index contributed by atoms with van der Waals surface area (Å²) in [6.45, 7) is 7.63. The van der Waals surface area contributed by atoms with Crippen LogP contribution in [0.2, 0.25) is 0 Å². The van der Waals surface area contributed by atoms with Gasteiger partial charge in [-0.25, -0.2) is 4.79 Å². The molecule has 1 aromatic heterocycles. The predicted molar refractivity (Wildman–Crippen MR) is 104 cm³/mol. The average Bonchev–Trinajstić information content (AvgIpc) is 3.04. The van der Waals surface area contributed by atoms with Crippen molar-refractivity contribution in [2.24, 2.45) is 17.8 Å². The van der Waals surface area contributed by atoms with Crippen LogP contribution in [0.15, 0.2) is 12.1 Å². The fourth-order valence-corrected chi connectivity index (χ4v) is 4.22. The van der Waals surface area contributed by atoms with Crippen molar-refractivity contribution in [1.82, 2.24) is 5.32 Å². The molecule has 2 rings (SSSR count). The lowest BCUT2D eigenvalue weighted by atomic mass is 9.75. The van der Waals surface area contributed by atoms with Crippen molar-refractivity contribution in [2.75, 3.05) is 13.2 Å². The van der Waals surface area contributed by atoms with Crippen LogP contribution in [0.4, 0.5) is 0 Å². The molecule has 1 aliphatic rings. The molecule has 0 aliphatic heterocycles. The van der Waals surface area contributed by atoms with Gasteiger partial charge in [0.1, 0.15) is 12.6 Å². The van der Waals surface area contributed by atoms with Crippen LogP contribution in [0, 0.1) is 24.7 Å². The average molecular weight is 396 g/mol. The topological polar surface area (TPSA) is 81.7 Å². The zero-order chi connectivity index (χ0) is 20.0. The van der Waals surface area contributed by atoms with E-state index >= 15 is 0 Å². The molecule has 1 heterocycles. The summed E-state index contributed by atoms with van der Waals surface area (Å²) < 4.78 is 10.5. The number of thiophene rings is 1. The van der Waals surface area contributed by atoms with E-state index in [2.05, 4.69) is 26.1 Å². The first-order valence-corrected chi connectivity index (χ1v) is 10.3. The molecule has 1 fully saturated rings. The Bertz CT molecular complexity index is 669. The zero-order valence-corrected chi connectivity index (χ0v) is 17.3. The Balaban J connectivity index is 1.72. The molecule has 0 spiro atoms. The van der Waals surface area contributed by atoms with Crippen molar-refractivity contribution in [1.29, 1.82) is 0 Å². The van der Waals surface area contributed by atoms with Gasteiger partial charge < -0.3 is 14.8 Å². The number of carbonyl (C=O) groups excluding carboxylic acids is 3. The molecule has 27 heavy (non-hydrogen) atoms. The summed E-state index contributed by atoms with van der Waals surface area (Å²) in [6.07, 6.45) is 2.92. The van der Waals surface area contributed by atoms with Gasteiger partial charge in [0.2, 0.25) is 0 Å². The van der Waals surface area contributed by atoms with Crippen molar-refractivity contribution in [3.63, 3.8) is 0 Å². The van der Waals surface area contributed by atoms with Crippen LogP contribution in [0.1, 0.15) is 54.6 Å². The second-order valence-corrected chi connectivity index (χ2v) is 8.90. The normalized spacial score (nSPS) is 22.3. The van der Waals surface area contributed by atoms with Crippen LogP contribution in [-0.4, -0.2) is 37.1 Å². The molecule has 3 unspecified atom stereocenters. The first kappa shape index (κ1) is 21.4. The summed E-state index contributed by atoms with van der Waals surface area (Å²) in [5.41, 5.74) is 0. The Morgan fingerprint density at radius 1 is 1.22 bits per heavy atom. The van der Waals surface area contributed by atoms with Gasteiger partial charge in [-0.05, 0) is 49.7 Å². The van der Waals surface area contributed by atoms with E-state index in [1.165, 1.54) is 11.3 Å². The van der Waals surface area contributed by atoms with Crippen LogP contribution < -0.4 is 5.32 Å². The van der Waals surface area contributed by atoms with E-state index in [-0.39, 0.29) is 18.6 Å². The smallest absolute Gasteiger partial charge is 0.344 e. The molecule has 0 aromatic carbocycles. The van der Waals surface area contributed by atoms with E-state index < -0.39 is 18.5 Å². The Kier molecular flexibility index (Phi) is 7.83. The number of hydrogen-bond donors (Lipinski definition) is 1. The molecular formula is C20H29NO5S. The standard InChI is InChI=1S/C20H29NO5S/c1-12(2)15-7-5-13(3)9-16(15)26-19(23)11-25-18(22)10-21-20(24)17-8-6-14(4)27-17/h6,8,12-13,15-16H,5,7,9-11H2,1-4H3,(H,21,24). The minimum Gasteiger partial charge on any atom is -0.460 e. The molecule has 1 N–H and O–H groups in total. The Morgan fingerprint density at radius 3 is 2.59 bits per heavy atom. The predicted octanol–water partition coefficient (Wildman–Crippen LogP) is 3.33. The number of hydrogen-bond acceptors (Lipinski definition) is 6. The highest BCUT2D eigenvalue weighted by molar-refractivity contribution is 7.13. The van der Waals surface area contributed by atoms with Crippen molar-refractivity contribution >= 4 is 29.2 Å². The van der Waals surface area contributed by atoms with Crippen molar-refractivity contribution in [3.8, 4) is 0 Å². The minimum atomic E-state index is -0.661. The minimum absolute atomic E-state index is 0.123. The van der Waals surface area contributed by atoms with Gasteiger partial charge in [0, 0.05) is 4.88 Å². The molecule has 6 nitrogen and oxygen atoms in total. The summed E-state index contributed by atoms with van der Waals surface area (Å²) in [5, 5.41) is 2.49. The number of ether oxygens (including phenoxy) is 2. The molecule has 150 valence electrons. The lowest BCUT2D eigenvalue weighted by Gasteiger charge is -2.36. The van der Waals surface area contributed by atoms with E-state index in [9.17, 15) is 14.4 Å².